The van der Waals surface area contributed by atoms with E-state index in [0.29, 0.717) is 50.6 Å². The van der Waals surface area contributed by atoms with E-state index >= 15 is 0 Å². The maximum absolute atomic E-state index is 12.2. The molecular formula is C38H61NO7. The fraction of sp³-hybridized carbons (Fsp3) is 0.658. The van der Waals surface area contributed by atoms with Crippen LogP contribution in [-0.4, -0.2) is 80.6 Å². The summed E-state index contributed by atoms with van der Waals surface area (Å²) in [5, 5.41) is 26.2. The van der Waals surface area contributed by atoms with E-state index < -0.39 is 24.4 Å². The highest BCUT2D eigenvalue weighted by atomic mass is 16.6. The number of carbonyl (C=O) groups is 1. The first-order chi connectivity index (χ1) is 22.3. The Balaban J connectivity index is 2.41. The fourth-order valence-corrected chi connectivity index (χ4v) is 5.33. The van der Waals surface area contributed by atoms with E-state index in [2.05, 4.69) is 33.0 Å². The van der Waals surface area contributed by atoms with Gasteiger partial charge in [0.1, 0.15) is 24.4 Å². The second-order valence-electron chi connectivity index (χ2n) is 12.1. The molecular weight excluding hydrogens is 582 g/mol. The van der Waals surface area contributed by atoms with Gasteiger partial charge in [-0.25, -0.2) is 0 Å². The number of nitrogens with one attached hydrogen (secondary N) is 1. The molecule has 0 bridgehead atoms. The van der Waals surface area contributed by atoms with E-state index in [0.717, 1.165) is 68.1 Å². The lowest BCUT2D eigenvalue weighted by atomic mass is 9.90. The Bertz CT molecular complexity index is 1110. The Hall–Kier alpha value is -2.33. The minimum atomic E-state index is -1.26. The molecule has 0 aliphatic heterocycles. The number of amides is 1. The van der Waals surface area contributed by atoms with Crippen molar-refractivity contribution in [3.05, 3.63) is 59.2 Å². The molecule has 1 amide bonds. The average molecular weight is 644 g/mol. The van der Waals surface area contributed by atoms with Gasteiger partial charge >= 0.3 is 0 Å². The van der Waals surface area contributed by atoms with E-state index in [1.165, 1.54) is 0 Å². The lowest BCUT2D eigenvalue weighted by Gasteiger charge is -2.38. The number of aliphatic hydroxyl groups excluding tert-OH is 2. The van der Waals surface area contributed by atoms with Crippen molar-refractivity contribution < 1.29 is 34.0 Å². The summed E-state index contributed by atoms with van der Waals surface area (Å²) in [4.78, 5) is 12.2. The number of benzene rings is 2. The third-order valence-electron chi connectivity index (χ3n) is 8.26. The van der Waals surface area contributed by atoms with E-state index in [1.807, 2.05) is 43.3 Å². The normalized spacial score (nSPS) is 14.9. The van der Waals surface area contributed by atoms with Crippen molar-refractivity contribution in [2.75, 3.05) is 40.1 Å². The van der Waals surface area contributed by atoms with Gasteiger partial charge in [0.15, 0.2) is 0 Å². The zero-order valence-electron chi connectivity index (χ0n) is 29.3. The Labute approximate surface area is 278 Å². The van der Waals surface area contributed by atoms with Crippen molar-refractivity contribution >= 4 is 5.91 Å². The number of hydrogen-bond acceptors (Lipinski definition) is 7. The second-order valence-corrected chi connectivity index (χ2v) is 12.1. The van der Waals surface area contributed by atoms with E-state index in [-0.39, 0.29) is 12.0 Å². The van der Waals surface area contributed by atoms with Crippen molar-refractivity contribution in [2.45, 2.75) is 123 Å². The molecule has 4 unspecified atom stereocenters. The zero-order chi connectivity index (χ0) is 33.7. The van der Waals surface area contributed by atoms with Gasteiger partial charge in [0.2, 0.25) is 0 Å². The smallest absolute Gasteiger partial charge is 0.251 e. The van der Waals surface area contributed by atoms with Crippen LogP contribution in [0.1, 0.15) is 113 Å². The summed E-state index contributed by atoms with van der Waals surface area (Å²) in [6.07, 6.45) is 3.95. The van der Waals surface area contributed by atoms with Crippen LogP contribution in [0, 0.1) is 6.92 Å². The van der Waals surface area contributed by atoms with Crippen LogP contribution in [0.2, 0.25) is 0 Å². The number of unbranched alkanes of at least 4 members (excludes halogenated alkanes) is 4. The van der Waals surface area contributed by atoms with Crippen LogP contribution >= 0.6 is 0 Å². The third kappa shape index (κ3) is 13.1. The van der Waals surface area contributed by atoms with Crippen LogP contribution in [0.3, 0.4) is 0 Å². The molecule has 0 radical (unpaired) electrons. The highest BCUT2D eigenvalue weighted by Gasteiger charge is 2.40. The van der Waals surface area contributed by atoms with Gasteiger partial charge < -0.3 is 34.5 Å². The quantitative estimate of drug-likeness (QED) is 0.0985. The maximum atomic E-state index is 12.2. The third-order valence-corrected chi connectivity index (χ3v) is 8.26. The van der Waals surface area contributed by atoms with Gasteiger partial charge in [0.25, 0.3) is 5.91 Å². The first-order valence-corrected chi connectivity index (χ1v) is 17.5. The number of rotatable bonds is 25. The average Bonchev–Trinajstić information content (AvgIpc) is 3.07. The highest BCUT2D eigenvalue weighted by molar-refractivity contribution is 5.95. The topological polar surface area (TPSA) is 106 Å². The van der Waals surface area contributed by atoms with Crippen LogP contribution < -0.4 is 5.32 Å². The maximum Gasteiger partial charge on any atom is 0.251 e. The Morgan fingerprint density at radius 1 is 0.739 bits per heavy atom. The van der Waals surface area contributed by atoms with Crippen molar-refractivity contribution in [3.63, 3.8) is 0 Å². The highest BCUT2D eigenvalue weighted by Crippen LogP contribution is 2.31. The summed E-state index contributed by atoms with van der Waals surface area (Å²) in [7, 11) is 1.61. The first-order valence-electron chi connectivity index (χ1n) is 17.5. The molecule has 0 spiro atoms. The van der Waals surface area contributed by atoms with Crippen molar-refractivity contribution in [2.24, 2.45) is 0 Å². The molecule has 260 valence electrons. The number of aryl methyl sites for hydroxylation is 1. The lowest BCUT2D eigenvalue weighted by Crippen LogP contribution is -2.51. The molecule has 0 aliphatic carbocycles. The number of aliphatic hydroxyl groups is 2. The van der Waals surface area contributed by atoms with Gasteiger partial charge in [-0.15, -0.1) is 0 Å². The van der Waals surface area contributed by atoms with Crippen LogP contribution in [-0.2, 0) is 18.9 Å². The van der Waals surface area contributed by atoms with E-state index in [1.54, 1.807) is 13.1 Å². The van der Waals surface area contributed by atoms with E-state index in [9.17, 15) is 15.0 Å². The molecule has 46 heavy (non-hydrogen) atoms. The van der Waals surface area contributed by atoms with E-state index in [4.69, 9.17) is 18.9 Å². The first kappa shape index (κ1) is 39.8. The van der Waals surface area contributed by atoms with Crippen molar-refractivity contribution in [1.29, 1.82) is 0 Å². The molecule has 0 aromatic heterocycles. The fourth-order valence-electron chi connectivity index (χ4n) is 5.33. The second kappa shape index (κ2) is 23.1. The van der Waals surface area contributed by atoms with Crippen LogP contribution in [0.25, 0.3) is 11.1 Å². The lowest BCUT2D eigenvalue weighted by molar-refractivity contribution is -0.189. The van der Waals surface area contributed by atoms with Crippen LogP contribution in [0.4, 0.5) is 0 Å². The molecule has 0 aliphatic rings. The molecule has 0 saturated carbocycles. The zero-order valence-corrected chi connectivity index (χ0v) is 29.3. The predicted molar refractivity (Wildman–Crippen MR) is 185 cm³/mol. The molecule has 8 heteroatoms. The molecule has 8 nitrogen and oxygen atoms in total. The minimum absolute atomic E-state index is 0.150. The predicted octanol–water partition coefficient (Wildman–Crippen LogP) is 7.18. The molecule has 2 rings (SSSR count). The molecule has 0 saturated heterocycles. The molecule has 2 aromatic rings. The monoisotopic (exact) mass is 643 g/mol. The number of hydrogen-bond donors (Lipinski definition) is 3. The Morgan fingerprint density at radius 3 is 1.93 bits per heavy atom. The van der Waals surface area contributed by atoms with Gasteiger partial charge in [-0.3, -0.25) is 4.79 Å². The van der Waals surface area contributed by atoms with Gasteiger partial charge in [-0.2, -0.15) is 0 Å². The molecule has 2 aromatic carbocycles. The Kier molecular flexibility index (Phi) is 20.0. The standard InChI is InChI=1S/C38H61NO7/c1-7-11-21-43-25-20-33(44-22-12-8-2)36(45-23-13-9-3)37(46-24-14-10-4)35(41)34(40)32-19-18-30(26-28(32)5)29-16-15-17-31(27-29)38(42)39-6/h15-19,26-27,33-37,40-41H,7-14,20-25H2,1-6H3,(H,39,42)/t33?,34-,35?,36?,37?/m1/s1. The van der Waals surface area contributed by atoms with Crippen LogP contribution in [0.15, 0.2) is 42.5 Å². The molecule has 0 fully saturated rings. The summed E-state index contributed by atoms with van der Waals surface area (Å²) < 4.78 is 25.2. The summed E-state index contributed by atoms with van der Waals surface area (Å²) in [6, 6.07) is 13.2. The molecule has 3 N–H and O–H groups in total. The summed E-state index contributed by atoms with van der Waals surface area (Å²) in [6.45, 7) is 13.1. The van der Waals surface area contributed by atoms with Crippen LogP contribution in [0.5, 0.6) is 0 Å². The van der Waals surface area contributed by atoms with Crippen molar-refractivity contribution in [1.82, 2.24) is 5.32 Å². The number of ether oxygens (including phenoxy) is 4. The summed E-state index contributed by atoms with van der Waals surface area (Å²) >= 11 is 0. The molecule has 5 atom stereocenters. The Morgan fingerprint density at radius 2 is 1.33 bits per heavy atom. The van der Waals surface area contributed by atoms with Crippen molar-refractivity contribution in [3.8, 4) is 11.1 Å². The molecule has 0 heterocycles. The van der Waals surface area contributed by atoms with Gasteiger partial charge in [-0.05, 0) is 73.4 Å². The number of carbonyl (C=O) groups excluding carboxylic acids is 1. The minimum Gasteiger partial charge on any atom is -0.387 e. The van der Waals surface area contributed by atoms with Gasteiger partial charge in [0, 0.05) is 45.6 Å². The largest absolute Gasteiger partial charge is 0.387 e. The SMILES string of the molecule is CCCCOCCC(OCCCC)C(OCCCC)C(OCCCC)C(O)[C@H](O)c1ccc(-c2cccc(C(=O)NC)c2)cc1C. The summed E-state index contributed by atoms with van der Waals surface area (Å²) in [5.41, 5.74) is 3.82. The van der Waals surface area contributed by atoms with Gasteiger partial charge in [-0.1, -0.05) is 83.7 Å². The summed E-state index contributed by atoms with van der Waals surface area (Å²) in [5.74, 6) is -0.150. The van der Waals surface area contributed by atoms with Gasteiger partial charge in [0.05, 0.1) is 6.10 Å².